The fraction of sp³-hybridized carbons (Fsp3) is 0.182. The van der Waals surface area contributed by atoms with Gasteiger partial charge >= 0.3 is 6.18 Å². The van der Waals surface area contributed by atoms with Crippen LogP contribution in [-0.4, -0.2) is 12.1 Å². The molecule has 1 heterocycles. The zero-order chi connectivity index (χ0) is 13.3. The van der Waals surface area contributed by atoms with Crippen LogP contribution < -0.4 is 16.0 Å². The predicted octanol–water partition coefficient (Wildman–Crippen LogP) is 2.55. The van der Waals surface area contributed by atoms with Gasteiger partial charge in [0.15, 0.2) is 5.69 Å². The van der Waals surface area contributed by atoms with Crippen molar-refractivity contribution in [2.75, 3.05) is 12.5 Å². The number of alkyl halides is 3. The number of hydrogen-bond donors (Lipinski definition) is 2. The lowest BCUT2D eigenvalue weighted by Gasteiger charge is -2.12. The second kappa shape index (κ2) is 4.34. The van der Waals surface area contributed by atoms with E-state index in [9.17, 15) is 13.2 Å². The Kier molecular flexibility index (Phi) is 3.00. The highest BCUT2D eigenvalue weighted by atomic mass is 19.4. The van der Waals surface area contributed by atoms with Crippen molar-refractivity contribution in [3.63, 3.8) is 0 Å². The fourth-order valence-corrected chi connectivity index (χ4v) is 1.60. The number of nitrogens with zero attached hydrogens (tertiary/aromatic N) is 1. The number of ether oxygens (including phenoxy) is 1. The Morgan fingerprint density at radius 2 is 2.00 bits per heavy atom. The molecule has 0 saturated carbocycles. The summed E-state index contributed by atoms with van der Waals surface area (Å²) in [6.45, 7) is 0. The first-order valence-electron chi connectivity index (χ1n) is 4.98. The highest BCUT2D eigenvalue weighted by molar-refractivity contribution is 5.84. The third kappa shape index (κ3) is 2.17. The maximum absolute atomic E-state index is 12.8. The summed E-state index contributed by atoms with van der Waals surface area (Å²) in [6, 6.07) is 5.98. The Balaban J connectivity index is 2.70. The lowest BCUT2D eigenvalue weighted by molar-refractivity contribution is -0.140. The smallest absolute Gasteiger partial charge is 0.435 e. The number of hydrogen-bond acceptors (Lipinski definition) is 4. The van der Waals surface area contributed by atoms with Gasteiger partial charge in [-0.25, -0.2) is 4.98 Å². The molecule has 0 aliphatic carbocycles. The molecule has 0 fully saturated rings. The van der Waals surface area contributed by atoms with E-state index >= 15 is 0 Å². The number of nitrogen functional groups attached to an aromatic ring is 1. The number of nitrogens with two attached hydrogens (primary N) is 1. The summed E-state index contributed by atoms with van der Waals surface area (Å²) in [6.07, 6.45) is -4.57. The number of benzene rings is 1. The van der Waals surface area contributed by atoms with E-state index in [1.165, 1.54) is 19.2 Å². The lowest BCUT2D eigenvalue weighted by Crippen LogP contribution is -2.16. The molecule has 18 heavy (non-hydrogen) atoms. The minimum Gasteiger partial charge on any atom is -0.497 e. The van der Waals surface area contributed by atoms with Gasteiger partial charge in [-0.05, 0) is 18.2 Å². The summed E-state index contributed by atoms with van der Waals surface area (Å²) in [5.74, 6) is 5.52. The number of rotatable bonds is 2. The van der Waals surface area contributed by atoms with Gasteiger partial charge in [-0.3, -0.25) is 5.84 Å². The Morgan fingerprint density at radius 3 is 2.56 bits per heavy atom. The molecule has 3 N–H and O–H groups in total. The summed E-state index contributed by atoms with van der Waals surface area (Å²) in [5, 5.41) is 0.539. The number of hydrazine groups is 1. The summed E-state index contributed by atoms with van der Waals surface area (Å²) in [4.78, 5) is 3.58. The molecule has 0 aliphatic rings. The molecule has 4 nitrogen and oxygen atoms in total. The third-order valence-electron chi connectivity index (χ3n) is 2.45. The van der Waals surface area contributed by atoms with Crippen LogP contribution in [0.15, 0.2) is 24.3 Å². The van der Waals surface area contributed by atoms with Crippen molar-refractivity contribution in [2.45, 2.75) is 6.18 Å². The minimum atomic E-state index is -4.57. The van der Waals surface area contributed by atoms with E-state index in [4.69, 9.17) is 10.6 Å². The monoisotopic (exact) mass is 257 g/mol. The van der Waals surface area contributed by atoms with E-state index in [1.807, 2.05) is 5.43 Å². The van der Waals surface area contributed by atoms with Crippen LogP contribution in [0.5, 0.6) is 5.75 Å². The quantitative estimate of drug-likeness (QED) is 0.641. The van der Waals surface area contributed by atoms with Crippen molar-refractivity contribution in [1.29, 1.82) is 0 Å². The van der Waals surface area contributed by atoms with Gasteiger partial charge in [0.05, 0.1) is 18.3 Å². The summed E-state index contributed by atoms with van der Waals surface area (Å²) >= 11 is 0. The van der Waals surface area contributed by atoms with Crippen LogP contribution in [0.2, 0.25) is 0 Å². The number of aromatic nitrogens is 1. The molecule has 0 amide bonds. The maximum Gasteiger partial charge on any atom is 0.435 e. The first-order valence-corrected chi connectivity index (χ1v) is 4.98. The first-order chi connectivity index (χ1) is 8.45. The Morgan fingerprint density at radius 1 is 1.28 bits per heavy atom. The van der Waals surface area contributed by atoms with Crippen molar-refractivity contribution in [2.24, 2.45) is 5.84 Å². The zero-order valence-electron chi connectivity index (χ0n) is 9.38. The standard InChI is InChI=1S/C11H10F3N3O/c1-18-7-3-2-6-4-9(17-15)10(11(12,13)14)16-8(6)5-7/h2-5,17H,15H2,1H3. The number of nitrogens with one attached hydrogen (secondary N) is 1. The number of pyridine rings is 1. The van der Waals surface area contributed by atoms with E-state index in [0.29, 0.717) is 11.1 Å². The van der Waals surface area contributed by atoms with Crippen molar-refractivity contribution >= 4 is 16.6 Å². The van der Waals surface area contributed by atoms with Crippen LogP contribution in [0.25, 0.3) is 10.9 Å². The van der Waals surface area contributed by atoms with Crippen LogP contribution in [0, 0.1) is 0 Å². The Hall–Kier alpha value is -2.02. The van der Waals surface area contributed by atoms with Gasteiger partial charge in [-0.15, -0.1) is 0 Å². The number of fused-ring (bicyclic) bond motifs is 1. The van der Waals surface area contributed by atoms with E-state index in [2.05, 4.69) is 4.98 Å². The third-order valence-corrected chi connectivity index (χ3v) is 2.45. The first kappa shape index (κ1) is 12.4. The van der Waals surface area contributed by atoms with Crippen molar-refractivity contribution in [3.05, 3.63) is 30.0 Å². The van der Waals surface area contributed by atoms with Crippen LogP contribution in [0.1, 0.15) is 5.69 Å². The van der Waals surface area contributed by atoms with E-state index in [-0.39, 0.29) is 11.2 Å². The summed E-state index contributed by atoms with van der Waals surface area (Å²) in [5.41, 5.74) is 0.890. The molecule has 0 atom stereocenters. The van der Waals surface area contributed by atoms with Gasteiger partial charge < -0.3 is 10.2 Å². The van der Waals surface area contributed by atoms with Gasteiger partial charge in [0.25, 0.3) is 0 Å². The average Bonchev–Trinajstić information content (AvgIpc) is 2.35. The molecule has 0 saturated heterocycles. The molecule has 96 valence electrons. The SMILES string of the molecule is COc1ccc2cc(NN)c(C(F)(F)F)nc2c1. The van der Waals surface area contributed by atoms with E-state index < -0.39 is 11.9 Å². The fourth-order valence-electron chi connectivity index (χ4n) is 1.60. The highest BCUT2D eigenvalue weighted by Crippen LogP contribution is 2.35. The van der Waals surface area contributed by atoms with Crippen molar-refractivity contribution < 1.29 is 17.9 Å². The van der Waals surface area contributed by atoms with Crippen LogP contribution >= 0.6 is 0 Å². The molecule has 0 spiro atoms. The molecule has 7 heteroatoms. The number of anilines is 1. The molecule has 0 unspecified atom stereocenters. The molecule has 2 rings (SSSR count). The topological polar surface area (TPSA) is 60.2 Å². The molecule has 0 bridgehead atoms. The maximum atomic E-state index is 12.8. The summed E-state index contributed by atoms with van der Waals surface area (Å²) < 4.78 is 43.2. The van der Waals surface area contributed by atoms with E-state index in [0.717, 1.165) is 0 Å². The zero-order valence-corrected chi connectivity index (χ0v) is 9.38. The van der Waals surface area contributed by atoms with Crippen molar-refractivity contribution in [1.82, 2.24) is 4.98 Å². The molecule has 1 aromatic carbocycles. The predicted molar refractivity (Wildman–Crippen MR) is 61.1 cm³/mol. The molecular weight excluding hydrogens is 247 g/mol. The van der Waals surface area contributed by atoms with E-state index in [1.54, 1.807) is 12.1 Å². The number of halogens is 3. The minimum absolute atomic E-state index is 0.195. The van der Waals surface area contributed by atoms with Crippen molar-refractivity contribution in [3.8, 4) is 5.75 Å². The Labute approximate surface area is 101 Å². The summed E-state index contributed by atoms with van der Waals surface area (Å²) in [7, 11) is 1.43. The largest absolute Gasteiger partial charge is 0.497 e. The second-order valence-corrected chi connectivity index (χ2v) is 3.59. The van der Waals surface area contributed by atoms with Crippen LogP contribution in [0.4, 0.5) is 18.9 Å². The van der Waals surface area contributed by atoms with Crippen LogP contribution in [-0.2, 0) is 6.18 Å². The van der Waals surface area contributed by atoms with Gasteiger partial charge in [-0.2, -0.15) is 13.2 Å². The molecule has 0 aliphatic heterocycles. The molecule has 1 aromatic heterocycles. The lowest BCUT2D eigenvalue weighted by atomic mass is 10.1. The van der Waals surface area contributed by atoms with Gasteiger partial charge in [0, 0.05) is 11.5 Å². The van der Waals surface area contributed by atoms with Crippen LogP contribution in [0.3, 0.4) is 0 Å². The Bertz CT molecular complexity index is 583. The normalized spacial score (nSPS) is 11.6. The molecule has 0 radical (unpaired) electrons. The second-order valence-electron chi connectivity index (χ2n) is 3.59. The molecular formula is C11H10F3N3O. The van der Waals surface area contributed by atoms with Gasteiger partial charge in [0.2, 0.25) is 0 Å². The average molecular weight is 257 g/mol. The highest BCUT2D eigenvalue weighted by Gasteiger charge is 2.35. The van der Waals surface area contributed by atoms with Gasteiger partial charge in [0.1, 0.15) is 5.75 Å². The number of methoxy groups -OCH3 is 1. The molecule has 2 aromatic rings. The van der Waals surface area contributed by atoms with Gasteiger partial charge in [-0.1, -0.05) is 0 Å².